The van der Waals surface area contributed by atoms with E-state index in [0.29, 0.717) is 24.0 Å². The molecule has 30 heavy (non-hydrogen) atoms. The van der Waals surface area contributed by atoms with Gasteiger partial charge < -0.3 is 14.2 Å². The minimum absolute atomic E-state index is 0.128. The Morgan fingerprint density at radius 1 is 1.27 bits per heavy atom. The molecule has 6 nitrogen and oxygen atoms in total. The van der Waals surface area contributed by atoms with Crippen molar-refractivity contribution in [1.29, 1.82) is 0 Å². The van der Waals surface area contributed by atoms with Crippen molar-refractivity contribution in [2.45, 2.75) is 73.0 Å². The molecular formula is C24H34O6. The van der Waals surface area contributed by atoms with Crippen LogP contribution < -0.4 is 0 Å². The highest BCUT2D eigenvalue weighted by Gasteiger charge is 2.72. The standard InChI is InChI=1S/C24H34O6/c1-8-14(4)21(26)30-19-18-17(29-20(25)13(2)3)10-9-15(5)23(18,7)12-24(19)16(6)11-28-22(24)27/h8,13,15,17-19H,6,9-12H2,1-5,7H3/b14-8+/t15-,17-,18+,19+,23+,24+/m0/s1. The molecule has 0 unspecified atom stereocenters. The van der Waals surface area contributed by atoms with E-state index < -0.39 is 23.6 Å². The number of fused-ring (bicyclic) bond motifs is 1. The largest absolute Gasteiger partial charge is 0.462 e. The molecule has 0 aromatic heterocycles. The van der Waals surface area contributed by atoms with Gasteiger partial charge in [0.05, 0.1) is 5.92 Å². The number of carbonyl (C=O) groups is 3. The van der Waals surface area contributed by atoms with Gasteiger partial charge in [-0.1, -0.05) is 40.3 Å². The van der Waals surface area contributed by atoms with Gasteiger partial charge in [-0.25, -0.2) is 4.79 Å². The predicted molar refractivity (Wildman–Crippen MR) is 111 cm³/mol. The highest BCUT2D eigenvalue weighted by Crippen LogP contribution is 2.66. The minimum atomic E-state index is -1.09. The molecule has 1 heterocycles. The summed E-state index contributed by atoms with van der Waals surface area (Å²) in [6.45, 7) is 15.6. The van der Waals surface area contributed by atoms with Crippen LogP contribution in [0.15, 0.2) is 23.8 Å². The maximum absolute atomic E-state index is 13.1. The minimum Gasteiger partial charge on any atom is -0.462 e. The highest BCUT2D eigenvalue weighted by atomic mass is 16.6. The summed E-state index contributed by atoms with van der Waals surface area (Å²) < 4.78 is 17.4. The Bertz CT molecular complexity index is 778. The summed E-state index contributed by atoms with van der Waals surface area (Å²) in [5, 5.41) is 0. The number of ether oxygens (including phenoxy) is 3. The summed E-state index contributed by atoms with van der Waals surface area (Å²) in [7, 11) is 0. The number of esters is 3. The first-order valence-electron chi connectivity index (χ1n) is 10.9. The predicted octanol–water partition coefficient (Wildman–Crippen LogP) is 3.99. The third kappa shape index (κ3) is 3.28. The van der Waals surface area contributed by atoms with Crippen LogP contribution in [0.4, 0.5) is 0 Å². The van der Waals surface area contributed by atoms with Gasteiger partial charge in [-0.2, -0.15) is 0 Å². The van der Waals surface area contributed by atoms with Gasteiger partial charge in [0.15, 0.2) is 0 Å². The van der Waals surface area contributed by atoms with Gasteiger partial charge in [0, 0.05) is 11.5 Å². The molecule has 166 valence electrons. The highest BCUT2D eigenvalue weighted by molar-refractivity contribution is 5.90. The van der Waals surface area contributed by atoms with Gasteiger partial charge in [0.25, 0.3) is 0 Å². The summed E-state index contributed by atoms with van der Waals surface area (Å²) in [5.74, 6) is -1.43. The van der Waals surface area contributed by atoms with Crippen molar-refractivity contribution in [3.8, 4) is 0 Å². The zero-order chi connectivity index (χ0) is 22.4. The maximum Gasteiger partial charge on any atom is 0.333 e. The second-order valence-corrected chi connectivity index (χ2v) is 9.77. The van der Waals surface area contributed by atoms with Crippen molar-refractivity contribution in [1.82, 2.24) is 0 Å². The van der Waals surface area contributed by atoms with E-state index in [0.717, 1.165) is 6.42 Å². The molecule has 3 rings (SSSR count). The molecule has 2 aliphatic carbocycles. The molecule has 0 N–H and O–H groups in total. The van der Waals surface area contributed by atoms with Crippen molar-refractivity contribution in [3.63, 3.8) is 0 Å². The monoisotopic (exact) mass is 418 g/mol. The van der Waals surface area contributed by atoms with E-state index in [2.05, 4.69) is 20.4 Å². The summed E-state index contributed by atoms with van der Waals surface area (Å²) >= 11 is 0. The lowest BCUT2D eigenvalue weighted by atomic mass is 9.61. The average molecular weight is 419 g/mol. The topological polar surface area (TPSA) is 78.9 Å². The first-order chi connectivity index (χ1) is 14.0. The molecule has 0 aromatic rings. The number of hydrogen-bond donors (Lipinski definition) is 0. The van der Waals surface area contributed by atoms with E-state index in [9.17, 15) is 14.4 Å². The molecule has 3 aliphatic rings. The van der Waals surface area contributed by atoms with Crippen LogP contribution in [0.5, 0.6) is 0 Å². The number of allylic oxidation sites excluding steroid dienone is 1. The SMILES string of the molecule is C=C1COC(=O)[C@]12C[C@@]1(C)[C@H]([C@@H](OC(=O)C(C)C)CC[C@@H]1C)[C@H]2OC(=O)/C(C)=C/C. The normalized spacial score (nSPS) is 38.6. The molecule has 0 bridgehead atoms. The first-order valence-corrected chi connectivity index (χ1v) is 10.9. The summed E-state index contributed by atoms with van der Waals surface area (Å²) in [6, 6.07) is 0. The Hall–Kier alpha value is -2.11. The third-order valence-corrected chi connectivity index (χ3v) is 7.74. The van der Waals surface area contributed by atoms with Crippen molar-refractivity contribution < 1.29 is 28.6 Å². The molecule has 0 amide bonds. The second-order valence-electron chi connectivity index (χ2n) is 9.77. The fourth-order valence-electron chi connectivity index (χ4n) is 5.50. The smallest absolute Gasteiger partial charge is 0.333 e. The fourth-order valence-corrected chi connectivity index (χ4v) is 5.50. The zero-order valence-corrected chi connectivity index (χ0v) is 18.9. The number of rotatable bonds is 4. The van der Waals surface area contributed by atoms with Crippen molar-refractivity contribution in [2.24, 2.45) is 28.6 Å². The third-order valence-electron chi connectivity index (χ3n) is 7.74. The van der Waals surface area contributed by atoms with Crippen LogP contribution in [0.1, 0.15) is 60.8 Å². The lowest BCUT2D eigenvalue weighted by Crippen LogP contribution is -2.50. The van der Waals surface area contributed by atoms with Crippen LogP contribution in [0.25, 0.3) is 0 Å². The fraction of sp³-hybridized carbons (Fsp3) is 0.708. The molecule has 2 saturated carbocycles. The molecule has 6 atom stereocenters. The van der Waals surface area contributed by atoms with Gasteiger partial charge in [-0.05, 0) is 50.0 Å². The van der Waals surface area contributed by atoms with Crippen molar-refractivity contribution >= 4 is 17.9 Å². The Labute approximate surface area is 179 Å². The van der Waals surface area contributed by atoms with Crippen LogP contribution >= 0.6 is 0 Å². The number of carbonyl (C=O) groups excluding carboxylic acids is 3. The van der Waals surface area contributed by atoms with Crippen LogP contribution in [-0.2, 0) is 28.6 Å². The molecule has 3 fully saturated rings. The van der Waals surface area contributed by atoms with E-state index in [1.807, 2.05) is 0 Å². The Morgan fingerprint density at radius 2 is 1.93 bits per heavy atom. The van der Waals surface area contributed by atoms with Crippen LogP contribution in [0.2, 0.25) is 0 Å². The van der Waals surface area contributed by atoms with Gasteiger partial charge in [-0.3, -0.25) is 9.59 Å². The lowest BCUT2D eigenvalue weighted by molar-refractivity contribution is -0.176. The van der Waals surface area contributed by atoms with E-state index in [1.54, 1.807) is 33.8 Å². The van der Waals surface area contributed by atoms with Crippen molar-refractivity contribution in [3.05, 3.63) is 23.8 Å². The summed E-state index contributed by atoms with van der Waals surface area (Å²) in [6.07, 6.45) is 2.51. The molecular weight excluding hydrogens is 384 g/mol. The van der Waals surface area contributed by atoms with Gasteiger partial charge in [0.2, 0.25) is 0 Å². The average Bonchev–Trinajstić information content (AvgIpc) is 3.13. The van der Waals surface area contributed by atoms with E-state index in [4.69, 9.17) is 14.2 Å². The zero-order valence-electron chi connectivity index (χ0n) is 18.9. The van der Waals surface area contributed by atoms with Crippen molar-refractivity contribution in [2.75, 3.05) is 6.61 Å². The van der Waals surface area contributed by atoms with Crippen LogP contribution in [-0.4, -0.2) is 36.7 Å². The molecule has 0 aromatic carbocycles. The number of hydrogen-bond acceptors (Lipinski definition) is 6. The molecule has 1 spiro atoms. The second kappa shape index (κ2) is 7.86. The first kappa shape index (κ1) is 22.6. The van der Waals surface area contributed by atoms with Gasteiger partial charge in [0.1, 0.15) is 24.2 Å². The Morgan fingerprint density at radius 3 is 2.47 bits per heavy atom. The lowest BCUT2D eigenvalue weighted by Gasteiger charge is -2.46. The van der Waals surface area contributed by atoms with Gasteiger partial charge >= 0.3 is 17.9 Å². The van der Waals surface area contributed by atoms with E-state index in [-0.39, 0.29) is 41.7 Å². The maximum atomic E-state index is 13.1. The van der Waals surface area contributed by atoms with E-state index in [1.165, 1.54) is 0 Å². The van der Waals surface area contributed by atoms with Crippen LogP contribution in [0.3, 0.4) is 0 Å². The quantitative estimate of drug-likeness (QED) is 0.297. The molecule has 6 heteroatoms. The van der Waals surface area contributed by atoms with Crippen LogP contribution in [0, 0.1) is 28.6 Å². The molecule has 1 saturated heterocycles. The summed E-state index contributed by atoms with van der Waals surface area (Å²) in [5.41, 5.74) is -0.346. The number of cyclic esters (lactones) is 1. The van der Waals surface area contributed by atoms with Gasteiger partial charge in [-0.15, -0.1) is 0 Å². The molecule has 1 aliphatic heterocycles. The molecule has 0 radical (unpaired) electrons. The Balaban J connectivity index is 2.10. The summed E-state index contributed by atoms with van der Waals surface area (Å²) in [4.78, 5) is 38.3. The van der Waals surface area contributed by atoms with E-state index >= 15 is 0 Å². The Kier molecular flexibility index (Phi) is 5.91.